The average Bonchev–Trinajstić information content (AvgIpc) is 2.81. The highest BCUT2D eigenvalue weighted by Gasteiger charge is 2.12. The standard InChI is InChI=1S/C26H34N4.C2H6.C2H4/c1-18(26(5,6)7)17-25(27)30-21(4)29-24-15-13-23(14-16-24)20(3)28-19(2)22-11-9-8-10-12-22;2*1-2/h8-17,19,28-29H,3-4H2,1-2,5-7H3,(H2,27,30);1-2H3;1-2H2/b18-17+;;. The van der Waals surface area contributed by atoms with Crippen LogP contribution in [0.1, 0.15) is 65.6 Å². The Morgan fingerprint density at radius 3 is 2.00 bits per heavy atom. The van der Waals surface area contributed by atoms with Crippen LogP contribution in [0.15, 0.2) is 103 Å². The van der Waals surface area contributed by atoms with Crippen molar-refractivity contribution in [3.05, 3.63) is 110 Å². The molecule has 0 aliphatic heterocycles. The Kier molecular flexibility index (Phi) is 13.7. The fourth-order valence-corrected chi connectivity index (χ4v) is 2.75. The van der Waals surface area contributed by atoms with Gasteiger partial charge in [0.05, 0.1) is 0 Å². The largest absolute Gasteiger partial charge is 0.384 e. The average molecular weight is 461 g/mol. The third kappa shape index (κ3) is 10.9. The van der Waals surface area contributed by atoms with Gasteiger partial charge in [0.1, 0.15) is 11.7 Å². The quantitative estimate of drug-likeness (QED) is 0.212. The van der Waals surface area contributed by atoms with Crippen molar-refractivity contribution < 1.29 is 0 Å². The minimum atomic E-state index is 0.0547. The molecule has 4 heteroatoms. The Bertz CT molecular complexity index is 946. The Morgan fingerprint density at radius 1 is 0.971 bits per heavy atom. The minimum Gasteiger partial charge on any atom is -0.384 e. The summed E-state index contributed by atoms with van der Waals surface area (Å²) in [4.78, 5) is 4.34. The SMILES string of the molecule is C=C.C=C(/N=C(N)\C=C(/C)C(C)(C)C)Nc1ccc(C(=C)NC(C)c2ccccc2)cc1.CC. The molecule has 0 bridgehead atoms. The number of benzene rings is 2. The molecule has 1 atom stereocenters. The van der Waals surface area contributed by atoms with Crippen molar-refractivity contribution in [2.24, 2.45) is 16.1 Å². The number of amidine groups is 1. The summed E-state index contributed by atoms with van der Waals surface area (Å²) >= 11 is 0. The number of nitrogens with two attached hydrogens (primary N) is 1. The number of hydrogen-bond donors (Lipinski definition) is 3. The molecule has 1 unspecified atom stereocenters. The molecule has 4 nitrogen and oxygen atoms in total. The van der Waals surface area contributed by atoms with E-state index in [1.807, 2.05) is 62.4 Å². The zero-order valence-electron chi connectivity index (χ0n) is 22.2. The van der Waals surface area contributed by atoms with E-state index in [0.29, 0.717) is 11.7 Å². The van der Waals surface area contributed by atoms with Gasteiger partial charge >= 0.3 is 0 Å². The van der Waals surface area contributed by atoms with Crippen LogP contribution in [0.25, 0.3) is 5.70 Å². The van der Waals surface area contributed by atoms with Crippen molar-refractivity contribution in [1.29, 1.82) is 0 Å². The second kappa shape index (κ2) is 15.3. The summed E-state index contributed by atoms with van der Waals surface area (Å²) in [6.45, 7) is 28.7. The Balaban J connectivity index is 0.00000258. The van der Waals surface area contributed by atoms with Crippen LogP contribution in [0.4, 0.5) is 5.69 Å². The highest BCUT2D eigenvalue weighted by molar-refractivity contribution is 5.93. The first-order valence-corrected chi connectivity index (χ1v) is 11.7. The molecule has 184 valence electrons. The van der Waals surface area contributed by atoms with E-state index in [9.17, 15) is 0 Å². The Labute approximate surface area is 208 Å². The lowest BCUT2D eigenvalue weighted by Crippen LogP contribution is -2.16. The third-order valence-electron chi connectivity index (χ3n) is 5.02. The summed E-state index contributed by atoms with van der Waals surface area (Å²) in [7, 11) is 0. The van der Waals surface area contributed by atoms with E-state index in [2.05, 4.69) is 88.7 Å². The van der Waals surface area contributed by atoms with Gasteiger partial charge in [-0.15, -0.1) is 13.2 Å². The number of rotatable bonds is 8. The van der Waals surface area contributed by atoms with Gasteiger partial charge in [0, 0.05) is 17.4 Å². The summed E-state index contributed by atoms with van der Waals surface area (Å²) in [5, 5.41) is 6.63. The molecule has 2 aromatic carbocycles. The molecule has 0 radical (unpaired) electrons. The van der Waals surface area contributed by atoms with Gasteiger partial charge in [-0.1, -0.05) is 95.8 Å². The minimum absolute atomic E-state index is 0.0547. The first-order valence-electron chi connectivity index (χ1n) is 11.7. The lowest BCUT2D eigenvalue weighted by Gasteiger charge is -2.19. The molecular formula is C30H44N4. The molecule has 2 aromatic rings. The molecule has 0 aromatic heterocycles. The molecule has 2 rings (SSSR count). The molecule has 0 aliphatic rings. The normalized spacial score (nSPS) is 12.2. The van der Waals surface area contributed by atoms with Crippen LogP contribution in [0.2, 0.25) is 0 Å². The van der Waals surface area contributed by atoms with Gasteiger partial charge in [-0.05, 0) is 48.6 Å². The van der Waals surface area contributed by atoms with E-state index >= 15 is 0 Å². The molecule has 0 fully saturated rings. The lowest BCUT2D eigenvalue weighted by molar-refractivity contribution is 0.504. The zero-order chi connectivity index (χ0) is 26.3. The molecule has 0 spiro atoms. The monoisotopic (exact) mass is 460 g/mol. The molecule has 0 saturated heterocycles. The number of anilines is 1. The summed E-state index contributed by atoms with van der Waals surface area (Å²) in [6.07, 6.45) is 1.89. The molecule has 0 amide bonds. The molecule has 0 heterocycles. The van der Waals surface area contributed by atoms with Gasteiger partial charge in [0.2, 0.25) is 0 Å². The van der Waals surface area contributed by atoms with E-state index in [0.717, 1.165) is 22.5 Å². The van der Waals surface area contributed by atoms with Crippen molar-refractivity contribution in [3.63, 3.8) is 0 Å². The van der Waals surface area contributed by atoms with Crippen molar-refractivity contribution in [1.82, 2.24) is 5.32 Å². The van der Waals surface area contributed by atoms with Crippen LogP contribution in [-0.2, 0) is 0 Å². The number of allylic oxidation sites excluding steroid dienone is 1. The van der Waals surface area contributed by atoms with E-state index in [1.165, 1.54) is 5.56 Å². The number of hydrogen-bond acceptors (Lipinski definition) is 3. The third-order valence-corrected chi connectivity index (χ3v) is 5.02. The summed E-state index contributed by atoms with van der Waals surface area (Å²) in [5.41, 5.74) is 11.3. The van der Waals surface area contributed by atoms with Gasteiger partial charge in [-0.3, -0.25) is 0 Å². The predicted octanol–water partition coefficient (Wildman–Crippen LogP) is 8.07. The highest BCUT2D eigenvalue weighted by atomic mass is 15.1. The lowest BCUT2D eigenvalue weighted by atomic mass is 9.87. The van der Waals surface area contributed by atoms with Crippen molar-refractivity contribution in [2.75, 3.05) is 5.32 Å². The maximum atomic E-state index is 6.04. The van der Waals surface area contributed by atoms with E-state index < -0.39 is 0 Å². The second-order valence-corrected chi connectivity index (χ2v) is 8.52. The van der Waals surface area contributed by atoms with Gasteiger partial charge in [0.15, 0.2) is 0 Å². The first kappa shape index (κ1) is 30.5. The second-order valence-electron chi connectivity index (χ2n) is 8.52. The first-order chi connectivity index (χ1) is 16.1. The molecule has 34 heavy (non-hydrogen) atoms. The van der Waals surface area contributed by atoms with Gasteiger partial charge in [-0.2, -0.15) is 0 Å². The maximum Gasteiger partial charge on any atom is 0.125 e. The van der Waals surface area contributed by atoms with Crippen LogP contribution in [0, 0.1) is 5.41 Å². The Hall–Kier alpha value is -3.53. The van der Waals surface area contributed by atoms with Crippen LogP contribution in [-0.4, -0.2) is 5.84 Å². The fraction of sp³-hybridized carbons (Fsp3) is 0.300. The predicted molar refractivity (Wildman–Crippen MR) is 154 cm³/mol. The highest BCUT2D eigenvalue weighted by Crippen LogP contribution is 2.24. The topological polar surface area (TPSA) is 62.4 Å². The summed E-state index contributed by atoms with van der Waals surface area (Å²) in [6, 6.07) is 18.5. The van der Waals surface area contributed by atoms with Crippen LogP contribution < -0.4 is 16.4 Å². The summed E-state index contributed by atoms with van der Waals surface area (Å²) < 4.78 is 0. The smallest absolute Gasteiger partial charge is 0.125 e. The van der Waals surface area contributed by atoms with Gasteiger partial charge in [-0.25, -0.2) is 4.99 Å². The number of aliphatic imine (C=N–C) groups is 1. The summed E-state index contributed by atoms with van der Waals surface area (Å²) in [5.74, 6) is 0.928. The van der Waals surface area contributed by atoms with E-state index in [-0.39, 0.29) is 11.5 Å². The van der Waals surface area contributed by atoms with E-state index in [1.54, 1.807) is 0 Å². The number of nitrogens with zero attached hydrogens (tertiary/aromatic N) is 1. The van der Waals surface area contributed by atoms with Crippen molar-refractivity contribution in [3.8, 4) is 0 Å². The van der Waals surface area contributed by atoms with Crippen LogP contribution >= 0.6 is 0 Å². The maximum absolute atomic E-state index is 6.04. The van der Waals surface area contributed by atoms with Gasteiger partial charge in [0.25, 0.3) is 0 Å². The van der Waals surface area contributed by atoms with Crippen molar-refractivity contribution >= 4 is 17.2 Å². The molecule has 0 saturated carbocycles. The van der Waals surface area contributed by atoms with Crippen molar-refractivity contribution in [2.45, 2.75) is 54.5 Å². The van der Waals surface area contributed by atoms with E-state index in [4.69, 9.17) is 5.73 Å². The number of nitrogens with one attached hydrogen (secondary N) is 2. The zero-order valence-corrected chi connectivity index (χ0v) is 22.2. The van der Waals surface area contributed by atoms with Crippen LogP contribution in [0.5, 0.6) is 0 Å². The molecular weight excluding hydrogens is 416 g/mol. The molecule has 0 aliphatic carbocycles. The molecule has 4 N–H and O–H groups in total. The fourth-order valence-electron chi connectivity index (χ4n) is 2.75. The Morgan fingerprint density at radius 2 is 1.50 bits per heavy atom. The van der Waals surface area contributed by atoms with Crippen LogP contribution in [0.3, 0.4) is 0 Å². The van der Waals surface area contributed by atoms with Gasteiger partial charge < -0.3 is 16.4 Å².